The maximum absolute atomic E-state index is 13.1. The van der Waals surface area contributed by atoms with E-state index in [1.807, 2.05) is 6.08 Å². The zero-order chi connectivity index (χ0) is 40.3. The number of carbonyl (C=O) groups is 5. The summed E-state index contributed by atoms with van der Waals surface area (Å²) in [6.07, 6.45) is -0.820. The van der Waals surface area contributed by atoms with E-state index in [9.17, 15) is 24.0 Å². The summed E-state index contributed by atoms with van der Waals surface area (Å²) in [7, 11) is 0. The number of benzene rings is 1. The van der Waals surface area contributed by atoms with Crippen LogP contribution in [0.25, 0.3) is 5.57 Å². The second-order valence-electron chi connectivity index (χ2n) is 14.8. The summed E-state index contributed by atoms with van der Waals surface area (Å²) in [5.41, 5.74) is 0.468. The lowest BCUT2D eigenvalue weighted by Gasteiger charge is -2.29. The smallest absolute Gasteiger partial charge is 0.436 e. The molecule has 0 unspecified atom stereocenters. The molecular weight excluding hydrogens is 721 g/mol. The topological polar surface area (TPSA) is 211 Å². The Morgan fingerprint density at radius 1 is 0.833 bits per heavy atom. The molecule has 1 aromatic heterocycles. The first-order valence-electron chi connectivity index (χ1n) is 17.2. The average molecular weight is 771 g/mol. The third-order valence-electron chi connectivity index (χ3n) is 6.48. The van der Waals surface area contributed by atoms with Crippen molar-refractivity contribution in [1.29, 1.82) is 0 Å². The minimum atomic E-state index is -0.842. The molecule has 0 fully saturated rings. The Morgan fingerprint density at radius 3 is 1.89 bits per heavy atom. The summed E-state index contributed by atoms with van der Waals surface area (Å²) in [4.78, 5) is 76.9. The lowest BCUT2D eigenvalue weighted by atomic mass is 10.1. The quantitative estimate of drug-likeness (QED) is 0.143. The van der Waals surface area contributed by atoms with E-state index < -0.39 is 47.1 Å². The van der Waals surface area contributed by atoms with E-state index in [1.165, 1.54) is 11.3 Å². The fraction of sp³-hybridized carbons (Fsp3) is 0.500. The van der Waals surface area contributed by atoms with Gasteiger partial charge in [0.1, 0.15) is 16.8 Å². The van der Waals surface area contributed by atoms with Gasteiger partial charge in [0.2, 0.25) is 11.9 Å². The molecule has 5 amide bonds. The van der Waals surface area contributed by atoms with Crippen molar-refractivity contribution >= 4 is 64.8 Å². The van der Waals surface area contributed by atoms with E-state index in [0.29, 0.717) is 36.5 Å². The number of aliphatic imine (C=N–C) groups is 2. The van der Waals surface area contributed by atoms with E-state index in [-0.39, 0.29) is 30.1 Å². The van der Waals surface area contributed by atoms with Gasteiger partial charge in [-0.1, -0.05) is 18.2 Å². The molecule has 17 nitrogen and oxygen atoms in total. The van der Waals surface area contributed by atoms with Gasteiger partial charge >= 0.3 is 24.4 Å². The Labute approximate surface area is 319 Å². The first-order chi connectivity index (χ1) is 25.1. The SMILES string of the molecule is CCOC(=O)/N=C(/NC(=O)OC(C)(C)C)N1CC=C(c2csc(C(=O)Nc3ccc(CN=C(NC(=O)OC(C)(C)C)NC(=O)OC(C)(C)C)cc3)n2)CC1. The van der Waals surface area contributed by atoms with Gasteiger partial charge in [-0.25, -0.2) is 29.2 Å². The largest absolute Gasteiger partial charge is 0.448 e. The molecule has 1 aliphatic heterocycles. The van der Waals surface area contributed by atoms with Gasteiger partial charge in [0.25, 0.3) is 5.91 Å². The fourth-order valence-electron chi connectivity index (χ4n) is 4.39. The van der Waals surface area contributed by atoms with Crippen molar-refractivity contribution in [3.63, 3.8) is 0 Å². The molecule has 18 heteroatoms. The maximum Gasteiger partial charge on any atom is 0.436 e. The van der Waals surface area contributed by atoms with Crippen LogP contribution in [0.3, 0.4) is 0 Å². The average Bonchev–Trinajstić information content (AvgIpc) is 3.52. The van der Waals surface area contributed by atoms with Gasteiger partial charge in [-0.15, -0.1) is 16.3 Å². The van der Waals surface area contributed by atoms with Crippen molar-refractivity contribution in [3.05, 3.63) is 52.0 Å². The van der Waals surface area contributed by atoms with Crippen LogP contribution in [0.15, 0.2) is 45.7 Å². The van der Waals surface area contributed by atoms with Gasteiger partial charge in [0.15, 0.2) is 5.01 Å². The van der Waals surface area contributed by atoms with Crippen molar-refractivity contribution in [2.24, 2.45) is 9.98 Å². The number of thiazole rings is 1. The van der Waals surface area contributed by atoms with Gasteiger partial charge in [-0.05, 0) is 98.9 Å². The third-order valence-corrected chi connectivity index (χ3v) is 7.33. The third kappa shape index (κ3) is 15.6. The molecular formula is C36H50N8O9S. The number of anilines is 1. The highest BCUT2D eigenvalue weighted by Gasteiger charge is 2.25. The molecule has 2 heterocycles. The molecule has 4 N–H and O–H groups in total. The summed E-state index contributed by atoms with van der Waals surface area (Å²) < 4.78 is 20.8. The van der Waals surface area contributed by atoms with E-state index in [4.69, 9.17) is 18.9 Å². The standard InChI is InChI=1S/C36H50N8O9S/c1-11-50-30(46)42-29(43-33(49)53-36(8,9)10)44-18-16-23(17-19-44)25-21-54-27(39-25)26(45)38-24-14-12-22(13-15-24)20-37-28(40-31(47)51-34(2,3)4)41-32(48)52-35(5,6)7/h12-16,21H,11,17-20H2,1-10H3,(H,38,45)(H,42,43,46,49)(H2,37,40,41,47,48). The van der Waals surface area contributed by atoms with Gasteiger partial charge < -0.3 is 29.2 Å². The van der Waals surface area contributed by atoms with Crippen LogP contribution in [0.2, 0.25) is 0 Å². The van der Waals surface area contributed by atoms with Crippen LogP contribution >= 0.6 is 11.3 Å². The molecule has 3 rings (SSSR count). The highest BCUT2D eigenvalue weighted by atomic mass is 32.1. The van der Waals surface area contributed by atoms with Gasteiger partial charge in [0, 0.05) is 24.2 Å². The van der Waals surface area contributed by atoms with Crippen molar-refractivity contribution in [1.82, 2.24) is 25.8 Å². The normalized spacial score (nSPS) is 13.5. The van der Waals surface area contributed by atoms with Crippen LogP contribution in [-0.4, -0.2) is 88.6 Å². The van der Waals surface area contributed by atoms with E-state index >= 15 is 0 Å². The first kappa shape index (κ1) is 42.9. The summed E-state index contributed by atoms with van der Waals surface area (Å²) in [6, 6.07) is 6.86. The molecule has 54 heavy (non-hydrogen) atoms. The zero-order valence-corrected chi connectivity index (χ0v) is 33.2. The first-order valence-corrected chi connectivity index (χ1v) is 18.1. The lowest BCUT2D eigenvalue weighted by Crippen LogP contribution is -2.47. The minimum Gasteiger partial charge on any atom is -0.448 e. The molecule has 0 spiro atoms. The van der Waals surface area contributed by atoms with Crippen molar-refractivity contribution in [3.8, 4) is 0 Å². The molecule has 294 valence electrons. The van der Waals surface area contributed by atoms with E-state index in [2.05, 4.69) is 36.2 Å². The zero-order valence-electron chi connectivity index (χ0n) is 32.4. The molecule has 2 aromatic rings. The fourth-order valence-corrected chi connectivity index (χ4v) is 5.13. The monoisotopic (exact) mass is 770 g/mol. The second-order valence-corrected chi connectivity index (χ2v) is 15.7. The van der Waals surface area contributed by atoms with Crippen LogP contribution in [0.4, 0.5) is 24.9 Å². The minimum absolute atomic E-state index is 0.00420. The Hall–Kier alpha value is -5.52. The number of alkyl carbamates (subject to hydrolysis) is 3. The molecule has 0 saturated heterocycles. The Morgan fingerprint density at radius 2 is 1.39 bits per heavy atom. The number of ether oxygens (including phenoxy) is 4. The Balaban J connectivity index is 1.64. The van der Waals surface area contributed by atoms with Crippen molar-refractivity contribution in [2.75, 3.05) is 25.0 Å². The van der Waals surface area contributed by atoms with Gasteiger partial charge in [-0.2, -0.15) is 0 Å². The maximum atomic E-state index is 13.1. The van der Waals surface area contributed by atoms with Gasteiger partial charge in [0.05, 0.1) is 18.8 Å². The molecule has 0 atom stereocenters. The van der Waals surface area contributed by atoms with Gasteiger partial charge in [-0.3, -0.25) is 20.7 Å². The van der Waals surface area contributed by atoms with Crippen LogP contribution in [0.1, 0.15) is 96.7 Å². The number of rotatable bonds is 6. The highest BCUT2D eigenvalue weighted by Crippen LogP contribution is 2.25. The van der Waals surface area contributed by atoms with Crippen LogP contribution in [-0.2, 0) is 25.5 Å². The number of aromatic nitrogens is 1. The molecule has 0 bridgehead atoms. The van der Waals surface area contributed by atoms with Crippen LogP contribution in [0.5, 0.6) is 0 Å². The molecule has 1 aromatic carbocycles. The summed E-state index contributed by atoms with van der Waals surface area (Å²) in [5, 5.41) is 12.3. The lowest BCUT2D eigenvalue weighted by molar-refractivity contribution is 0.0532. The predicted octanol–water partition coefficient (Wildman–Crippen LogP) is 6.43. The number of nitrogens with one attached hydrogen (secondary N) is 4. The molecule has 0 aliphatic carbocycles. The molecule has 1 aliphatic rings. The number of nitrogens with zero attached hydrogens (tertiary/aromatic N) is 4. The summed E-state index contributed by atoms with van der Waals surface area (Å²) >= 11 is 1.19. The number of amides is 5. The Kier molecular flexibility index (Phi) is 14.7. The number of carbonyl (C=O) groups excluding carboxylic acids is 5. The van der Waals surface area contributed by atoms with Crippen molar-refractivity contribution < 1.29 is 42.9 Å². The van der Waals surface area contributed by atoms with E-state index in [0.717, 1.165) is 5.57 Å². The predicted molar refractivity (Wildman–Crippen MR) is 204 cm³/mol. The summed E-state index contributed by atoms with van der Waals surface area (Å²) in [5.74, 6) is -0.547. The number of hydrogen-bond donors (Lipinski definition) is 4. The number of guanidine groups is 2. The highest BCUT2D eigenvalue weighted by molar-refractivity contribution is 7.12. The van der Waals surface area contributed by atoms with E-state index in [1.54, 1.807) is 104 Å². The Bertz CT molecular complexity index is 1730. The second kappa shape index (κ2) is 18.5. The van der Waals surface area contributed by atoms with Crippen LogP contribution < -0.4 is 21.3 Å². The summed E-state index contributed by atoms with van der Waals surface area (Å²) in [6.45, 7) is 18.0. The van der Waals surface area contributed by atoms with Crippen molar-refractivity contribution in [2.45, 2.75) is 99.0 Å². The number of hydrogen-bond acceptors (Lipinski definition) is 12. The van der Waals surface area contributed by atoms with Crippen LogP contribution in [0, 0.1) is 0 Å². The molecule has 0 saturated carbocycles. The molecule has 0 radical (unpaired) electrons.